The third-order valence-electron chi connectivity index (χ3n) is 4.64. The van der Waals surface area contributed by atoms with E-state index in [9.17, 15) is 4.79 Å². The molecule has 1 aromatic rings. The van der Waals surface area contributed by atoms with Crippen LogP contribution < -0.4 is 0 Å². The molecule has 4 rings (SSSR count). The van der Waals surface area contributed by atoms with Crippen molar-refractivity contribution in [1.82, 2.24) is 19.9 Å². The highest BCUT2D eigenvalue weighted by Crippen LogP contribution is 2.44. The highest BCUT2D eigenvalue weighted by Gasteiger charge is 2.43. The molecular formula is C14H18N4O. The molecule has 2 unspecified atom stereocenters. The van der Waals surface area contributed by atoms with Crippen LogP contribution in [0.3, 0.4) is 0 Å². The summed E-state index contributed by atoms with van der Waals surface area (Å²) in [7, 11) is 1.80. The van der Waals surface area contributed by atoms with Crippen molar-refractivity contribution in [3.63, 3.8) is 0 Å². The number of rotatable bonds is 1. The molecule has 1 saturated carbocycles. The second-order valence-corrected chi connectivity index (χ2v) is 5.99. The zero-order valence-electron chi connectivity index (χ0n) is 11.2. The standard InChI is InChI=1S/C14H18N4O/c1-17-8-13(15-16-17)14(19)18-11-4-5-12(18)7-10(6-11)9-2-3-9/h8,11-12H,2-7H2,1H3. The van der Waals surface area contributed by atoms with Crippen molar-refractivity contribution in [2.75, 3.05) is 0 Å². The molecule has 0 radical (unpaired) electrons. The number of allylic oxidation sites excluding steroid dienone is 1. The first-order valence-corrected chi connectivity index (χ1v) is 7.11. The highest BCUT2D eigenvalue weighted by molar-refractivity contribution is 5.92. The first-order chi connectivity index (χ1) is 9.22. The molecule has 2 bridgehead atoms. The molecule has 5 nitrogen and oxygen atoms in total. The summed E-state index contributed by atoms with van der Waals surface area (Å²) in [5.41, 5.74) is 3.81. The van der Waals surface area contributed by atoms with Crippen LogP contribution in [0.15, 0.2) is 17.3 Å². The molecule has 1 amide bonds. The Labute approximate surface area is 112 Å². The van der Waals surface area contributed by atoms with E-state index in [2.05, 4.69) is 15.2 Å². The first kappa shape index (κ1) is 11.2. The van der Waals surface area contributed by atoms with Gasteiger partial charge in [0.15, 0.2) is 5.69 Å². The van der Waals surface area contributed by atoms with Gasteiger partial charge in [-0.05, 0) is 38.5 Å². The minimum atomic E-state index is 0.0699. The van der Waals surface area contributed by atoms with Crippen LogP contribution in [0.1, 0.15) is 49.0 Å². The maximum atomic E-state index is 12.6. The van der Waals surface area contributed by atoms with Crippen LogP contribution in [0.5, 0.6) is 0 Å². The molecule has 0 N–H and O–H groups in total. The molecule has 5 heteroatoms. The lowest BCUT2D eigenvalue weighted by Crippen LogP contribution is -2.44. The monoisotopic (exact) mass is 258 g/mol. The first-order valence-electron chi connectivity index (χ1n) is 7.11. The van der Waals surface area contributed by atoms with E-state index in [4.69, 9.17) is 0 Å². The molecule has 100 valence electrons. The highest BCUT2D eigenvalue weighted by atomic mass is 16.2. The summed E-state index contributed by atoms with van der Waals surface area (Å²) >= 11 is 0. The maximum Gasteiger partial charge on any atom is 0.276 e. The van der Waals surface area contributed by atoms with Crippen LogP contribution in [0.25, 0.3) is 0 Å². The minimum Gasteiger partial charge on any atom is -0.331 e. The molecule has 1 aliphatic carbocycles. The summed E-state index contributed by atoms with van der Waals surface area (Å²) in [5.74, 6) is 0.0699. The Bertz CT molecular complexity index is 552. The summed E-state index contributed by atoms with van der Waals surface area (Å²) in [5, 5.41) is 7.83. The fraction of sp³-hybridized carbons (Fsp3) is 0.643. The van der Waals surface area contributed by atoms with Gasteiger partial charge < -0.3 is 4.90 Å². The third kappa shape index (κ3) is 1.79. The van der Waals surface area contributed by atoms with Gasteiger partial charge >= 0.3 is 0 Å². The molecule has 3 fully saturated rings. The van der Waals surface area contributed by atoms with Crippen LogP contribution in [0.4, 0.5) is 0 Å². The number of aryl methyl sites for hydroxylation is 1. The molecule has 2 atom stereocenters. The normalized spacial score (nSPS) is 29.0. The number of nitrogens with zero attached hydrogens (tertiary/aromatic N) is 4. The lowest BCUT2D eigenvalue weighted by molar-refractivity contribution is 0.0628. The van der Waals surface area contributed by atoms with Gasteiger partial charge in [0.05, 0.1) is 6.20 Å². The number of hydrogen-bond acceptors (Lipinski definition) is 3. The van der Waals surface area contributed by atoms with Gasteiger partial charge in [-0.1, -0.05) is 16.4 Å². The summed E-state index contributed by atoms with van der Waals surface area (Å²) in [6.07, 6.45) is 8.80. The van der Waals surface area contributed by atoms with Crippen LogP contribution >= 0.6 is 0 Å². The molecule has 0 spiro atoms. The Hall–Kier alpha value is -1.65. The molecule has 1 aromatic heterocycles. The number of fused-ring (bicyclic) bond motifs is 2. The van der Waals surface area contributed by atoms with E-state index in [-0.39, 0.29) is 5.91 Å². The molecule has 19 heavy (non-hydrogen) atoms. The Balaban J connectivity index is 1.60. The van der Waals surface area contributed by atoms with E-state index in [1.807, 2.05) is 0 Å². The van der Waals surface area contributed by atoms with Gasteiger partial charge in [-0.25, -0.2) is 0 Å². The van der Waals surface area contributed by atoms with Gasteiger partial charge in [0.2, 0.25) is 0 Å². The fourth-order valence-electron chi connectivity index (χ4n) is 3.63. The Morgan fingerprint density at radius 1 is 1.21 bits per heavy atom. The van der Waals surface area contributed by atoms with E-state index in [1.165, 1.54) is 12.8 Å². The van der Waals surface area contributed by atoms with Crippen molar-refractivity contribution in [3.05, 3.63) is 23.0 Å². The Morgan fingerprint density at radius 2 is 1.89 bits per heavy atom. The SMILES string of the molecule is Cn1cc(C(=O)N2C3CCC2CC(=C2CC2)C3)nn1. The number of carbonyl (C=O) groups is 1. The number of hydrogen-bond donors (Lipinski definition) is 0. The minimum absolute atomic E-state index is 0.0699. The lowest BCUT2D eigenvalue weighted by atomic mass is 9.95. The average Bonchev–Trinajstić information content (AvgIpc) is 3.11. The lowest BCUT2D eigenvalue weighted by Gasteiger charge is -2.35. The molecule has 2 aliphatic heterocycles. The predicted molar refractivity (Wildman–Crippen MR) is 69.5 cm³/mol. The smallest absolute Gasteiger partial charge is 0.276 e. The van der Waals surface area contributed by atoms with E-state index in [1.54, 1.807) is 29.1 Å². The van der Waals surface area contributed by atoms with Gasteiger partial charge in [-0.3, -0.25) is 9.48 Å². The molecule has 2 saturated heterocycles. The van der Waals surface area contributed by atoms with Crippen molar-refractivity contribution < 1.29 is 4.79 Å². The van der Waals surface area contributed by atoms with Crippen LogP contribution in [-0.4, -0.2) is 37.9 Å². The van der Waals surface area contributed by atoms with Gasteiger partial charge in [0.1, 0.15) is 0 Å². The zero-order chi connectivity index (χ0) is 13.0. The molecule has 3 heterocycles. The van der Waals surface area contributed by atoms with Crippen molar-refractivity contribution in [2.24, 2.45) is 7.05 Å². The number of piperidine rings is 1. The number of amides is 1. The van der Waals surface area contributed by atoms with Crippen molar-refractivity contribution in [2.45, 2.75) is 50.6 Å². The maximum absolute atomic E-state index is 12.6. The zero-order valence-corrected chi connectivity index (χ0v) is 11.2. The van der Waals surface area contributed by atoms with Crippen LogP contribution in [0.2, 0.25) is 0 Å². The summed E-state index contributed by atoms with van der Waals surface area (Å²) in [4.78, 5) is 14.6. The summed E-state index contributed by atoms with van der Waals surface area (Å²) in [6.45, 7) is 0. The summed E-state index contributed by atoms with van der Waals surface area (Å²) < 4.78 is 1.59. The molecular weight excluding hydrogens is 240 g/mol. The second-order valence-electron chi connectivity index (χ2n) is 5.99. The average molecular weight is 258 g/mol. The van der Waals surface area contributed by atoms with Gasteiger partial charge in [0.25, 0.3) is 5.91 Å². The quantitative estimate of drug-likeness (QED) is 0.720. The van der Waals surface area contributed by atoms with Gasteiger partial charge in [-0.15, -0.1) is 5.10 Å². The van der Waals surface area contributed by atoms with Crippen molar-refractivity contribution >= 4 is 5.91 Å². The van der Waals surface area contributed by atoms with Crippen molar-refractivity contribution in [1.29, 1.82) is 0 Å². The van der Waals surface area contributed by atoms with Crippen molar-refractivity contribution in [3.8, 4) is 0 Å². The topological polar surface area (TPSA) is 51.0 Å². The van der Waals surface area contributed by atoms with E-state index >= 15 is 0 Å². The van der Waals surface area contributed by atoms with E-state index < -0.39 is 0 Å². The largest absolute Gasteiger partial charge is 0.331 e. The molecule has 0 aromatic carbocycles. The summed E-state index contributed by atoms with van der Waals surface area (Å²) in [6, 6.07) is 0.799. The predicted octanol–water partition coefficient (Wildman–Crippen LogP) is 1.67. The Kier molecular flexibility index (Phi) is 2.31. The van der Waals surface area contributed by atoms with E-state index in [0.717, 1.165) is 25.7 Å². The number of carbonyl (C=O) groups excluding carboxylic acids is 1. The van der Waals surface area contributed by atoms with Crippen LogP contribution in [0, 0.1) is 0 Å². The van der Waals surface area contributed by atoms with Gasteiger partial charge in [-0.2, -0.15) is 0 Å². The fourth-order valence-corrected chi connectivity index (χ4v) is 3.63. The van der Waals surface area contributed by atoms with Crippen LogP contribution in [-0.2, 0) is 7.05 Å². The van der Waals surface area contributed by atoms with E-state index in [0.29, 0.717) is 17.8 Å². The third-order valence-corrected chi connectivity index (χ3v) is 4.64. The Morgan fingerprint density at radius 3 is 2.42 bits per heavy atom. The second kappa shape index (κ2) is 3.92. The van der Waals surface area contributed by atoms with Gasteiger partial charge in [0, 0.05) is 19.1 Å². The molecule has 3 aliphatic rings. The number of aromatic nitrogens is 3.